The van der Waals surface area contributed by atoms with E-state index in [1.807, 2.05) is 24.3 Å². The van der Waals surface area contributed by atoms with Crippen molar-refractivity contribution >= 4 is 45.1 Å². The lowest BCUT2D eigenvalue weighted by Crippen LogP contribution is -2.42. The summed E-state index contributed by atoms with van der Waals surface area (Å²) in [6.45, 7) is 3.10. The minimum atomic E-state index is -0.287. The predicted octanol–water partition coefficient (Wildman–Crippen LogP) is 3.96. The third-order valence-corrected chi connectivity index (χ3v) is 6.14. The zero-order valence-electron chi connectivity index (χ0n) is 17.2. The number of nitrogens with one attached hydrogen (secondary N) is 1. The number of benzene rings is 2. The lowest BCUT2D eigenvalue weighted by molar-refractivity contribution is -0.149. The second kappa shape index (κ2) is 9.26. The molecule has 1 aliphatic heterocycles. The molecule has 1 aliphatic rings. The Morgan fingerprint density at radius 3 is 2.71 bits per heavy atom. The fraction of sp³-hybridized carbons (Fsp3) is 0.304. The first-order valence-electron chi connectivity index (χ1n) is 10.3. The quantitative estimate of drug-likeness (QED) is 0.611. The molecular formula is C23H23N3O4S. The van der Waals surface area contributed by atoms with E-state index in [9.17, 15) is 14.4 Å². The first-order valence-corrected chi connectivity index (χ1v) is 11.1. The van der Waals surface area contributed by atoms with Crippen molar-refractivity contribution in [3.63, 3.8) is 0 Å². The van der Waals surface area contributed by atoms with E-state index < -0.39 is 0 Å². The number of aromatic nitrogens is 1. The highest BCUT2D eigenvalue weighted by atomic mass is 32.1. The van der Waals surface area contributed by atoms with Gasteiger partial charge in [-0.05, 0) is 61.6 Å². The van der Waals surface area contributed by atoms with Gasteiger partial charge in [0, 0.05) is 29.7 Å². The number of carbonyl (C=O) groups excluding carboxylic acids is 3. The van der Waals surface area contributed by atoms with Gasteiger partial charge in [0.1, 0.15) is 5.69 Å². The molecular weight excluding hydrogens is 414 g/mol. The van der Waals surface area contributed by atoms with Gasteiger partial charge in [-0.3, -0.25) is 14.4 Å². The van der Waals surface area contributed by atoms with Gasteiger partial charge in [-0.15, -0.1) is 0 Å². The molecule has 8 heteroatoms. The van der Waals surface area contributed by atoms with Crippen LogP contribution in [-0.2, 0) is 9.53 Å². The summed E-state index contributed by atoms with van der Waals surface area (Å²) in [6, 6.07) is 14.4. The number of ether oxygens (including phenoxy) is 1. The van der Waals surface area contributed by atoms with E-state index in [4.69, 9.17) is 4.74 Å². The molecule has 160 valence electrons. The highest BCUT2D eigenvalue weighted by Gasteiger charge is 2.29. The van der Waals surface area contributed by atoms with Crippen molar-refractivity contribution in [2.45, 2.75) is 19.8 Å². The molecule has 1 fully saturated rings. The Morgan fingerprint density at radius 1 is 1.16 bits per heavy atom. The van der Waals surface area contributed by atoms with E-state index in [1.165, 1.54) is 11.5 Å². The van der Waals surface area contributed by atoms with Crippen LogP contribution in [0, 0.1) is 5.92 Å². The van der Waals surface area contributed by atoms with Crippen LogP contribution in [-0.4, -0.2) is 46.8 Å². The van der Waals surface area contributed by atoms with Gasteiger partial charge in [0.15, 0.2) is 0 Å². The largest absolute Gasteiger partial charge is 0.466 e. The number of carbonyl (C=O) groups is 3. The Labute approximate surface area is 184 Å². The van der Waals surface area contributed by atoms with Crippen LogP contribution in [0.5, 0.6) is 0 Å². The number of amides is 2. The molecule has 1 atom stereocenters. The number of esters is 1. The fourth-order valence-corrected chi connectivity index (χ4v) is 4.51. The van der Waals surface area contributed by atoms with Crippen LogP contribution >= 0.6 is 11.5 Å². The van der Waals surface area contributed by atoms with Gasteiger partial charge in [-0.2, -0.15) is 4.37 Å². The third kappa shape index (κ3) is 4.59. The molecule has 4 rings (SSSR count). The summed E-state index contributed by atoms with van der Waals surface area (Å²) in [7, 11) is 0. The lowest BCUT2D eigenvalue weighted by atomic mass is 9.97. The van der Waals surface area contributed by atoms with Crippen molar-refractivity contribution in [1.82, 2.24) is 9.27 Å². The number of hydrogen-bond acceptors (Lipinski definition) is 6. The van der Waals surface area contributed by atoms with Crippen LogP contribution in [0.3, 0.4) is 0 Å². The molecule has 7 nitrogen and oxygen atoms in total. The summed E-state index contributed by atoms with van der Waals surface area (Å²) in [5, 5.41) is 3.65. The van der Waals surface area contributed by atoms with Gasteiger partial charge in [-0.1, -0.05) is 18.2 Å². The Hall–Kier alpha value is -3.26. The maximum Gasteiger partial charge on any atom is 0.310 e. The van der Waals surface area contributed by atoms with Gasteiger partial charge in [0.25, 0.3) is 11.8 Å². The molecule has 1 N–H and O–H groups in total. The standard InChI is InChI=1S/C23H23N3O4S/c1-2-30-23(29)16-6-5-13-26(14-16)22(28)15-9-11-17(12-10-15)24-21(27)20-18-7-3-4-8-19(18)31-25-20/h3-4,7-12,16H,2,5-6,13-14H2,1H3,(H,24,27)/t16-/m0/s1. The number of anilines is 1. The second-order valence-corrected chi connectivity index (χ2v) is 8.21. The molecule has 3 aromatic rings. The summed E-state index contributed by atoms with van der Waals surface area (Å²) in [5.41, 5.74) is 1.49. The Kier molecular flexibility index (Phi) is 6.27. The highest BCUT2D eigenvalue weighted by Crippen LogP contribution is 2.24. The molecule has 0 spiro atoms. The van der Waals surface area contributed by atoms with E-state index in [1.54, 1.807) is 36.1 Å². The van der Waals surface area contributed by atoms with Gasteiger partial charge in [0.05, 0.1) is 17.2 Å². The van der Waals surface area contributed by atoms with Crippen LogP contribution in [0.2, 0.25) is 0 Å². The number of nitrogens with zero attached hydrogens (tertiary/aromatic N) is 2. The highest BCUT2D eigenvalue weighted by molar-refractivity contribution is 7.13. The lowest BCUT2D eigenvalue weighted by Gasteiger charge is -2.31. The zero-order chi connectivity index (χ0) is 21.8. The molecule has 0 radical (unpaired) electrons. The third-order valence-electron chi connectivity index (χ3n) is 5.31. The van der Waals surface area contributed by atoms with Crippen molar-refractivity contribution < 1.29 is 19.1 Å². The van der Waals surface area contributed by atoms with Gasteiger partial charge in [0.2, 0.25) is 0 Å². The van der Waals surface area contributed by atoms with Crippen molar-refractivity contribution in [1.29, 1.82) is 0 Å². The predicted molar refractivity (Wildman–Crippen MR) is 119 cm³/mol. The van der Waals surface area contributed by atoms with E-state index >= 15 is 0 Å². The molecule has 2 heterocycles. The smallest absolute Gasteiger partial charge is 0.310 e. The maximum atomic E-state index is 12.9. The monoisotopic (exact) mass is 437 g/mol. The zero-order valence-corrected chi connectivity index (χ0v) is 18.0. The van der Waals surface area contributed by atoms with E-state index in [2.05, 4.69) is 9.69 Å². The minimum Gasteiger partial charge on any atom is -0.466 e. The topological polar surface area (TPSA) is 88.6 Å². The van der Waals surface area contributed by atoms with Crippen molar-refractivity contribution in [2.75, 3.05) is 25.0 Å². The van der Waals surface area contributed by atoms with Gasteiger partial charge < -0.3 is 15.0 Å². The Morgan fingerprint density at radius 2 is 1.94 bits per heavy atom. The number of likely N-dealkylation sites (tertiary alicyclic amines) is 1. The van der Waals surface area contributed by atoms with Crippen LogP contribution in [0.4, 0.5) is 5.69 Å². The van der Waals surface area contributed by atoms with Crippen LogP contribution in [0.15, 0.2) is 48.5 Å². The summed E-state index contributed by atoms with van der Waals surface area (Å²) in [5.74, 6) is -0.932. The Balaban J connectivity index is 1.41. The van der Waals surface area contributed by atoms with Crippen LogP contribution in [0.25, 0.3) is 10.1 Å². The molecule has 0 bridgehead atoms. The van der Waals surface area contributed by atoms with E-state index in [0.29, 0.717) is 36.6 Å². The summed E-state index contributed by atoms with van der Waals surface area (Å²) in [4.78, 5) is 39.2. The number of fused-ring (bicyclic) bond motifs is 1. The van der Waals surface area contributed by atoms with Crippen LogP contribution in [0.1, 0.15) is 40.6 Å². The SMILES string of the molecule is CCOC(=O)[C@H]1CCCN(C(=O)c2ccc(NC(=O)c3nsc4ccccc34)cc2)C1. The molecule has 1 aromatic heterocycles. The first-order chi connectivity index (χ1) is 15.1. The number of piperidine rings is 1. The number of rotatable bonds is 5. The average molecular weight is 438 g/mol. The van der Waals surface area contributed by atoms with Crippen molar-refractivity contribution in [2.24, 2.45) is 5.92 Å². The minimum absolute atomic E-state index is 0.127. The summed E-state index contributed by atoms with van der Waals surface area (Å²) >= 11 is 1.29. The maximum absolute atomic E-state index is 12.9. The fourth-order valence-electron chi connectivity index (χ4n) is 3.73. The van der Waals surface area contributed by atoms with E-state index in [-0.39, 0.29) is 23.7 Å². The van der Waals surface area contributed by atoms with Crippen molar-refractivity contribution in [3.05, 3.63) is 59.8 Å². The summed E-state index contributed by atoms with van der Waals surface area (Å²) in [6.07, 6.45) is 1.50. The molecule has 2 amide bonds. The Bertz CT molecular complexity index is 1110. The molecule has 0 aliphatic carbocycles. The second-order valence-electron chi connectivity index (χ2n) is 7.40. The molecule has 0 unspecified atom stereocenters. The normalized spacial score (nSPS) is 16.2. The van der Waals surface area contributed by atoms with Gasteiger partial charge >= 0.3 is 5.97 Å². The summed E-state index contributed by atoms with van der Waals surface area (Å²) < 4.78 is 10.3. The molecule has 2 aromatic carbocycles. The van der Waals surface area contributed by atoms with Crippen LogP contribution < -0.4 is 5.32 Å². The molecule has 31 heavy (non-hydrogen) atoms. The number of hydrogen-bond donors (Lipinski definition) is 1. The average Bonchev–Trinajstić information content (AvgIpc) is 3.24. The molecule has 0 saturated carbocycles. The van der Waals surface area contributed by atoms with E-state index in [0.717, 1.165) is 22.9 Å². The van der Waals surface area contributed by atoms with Crippen molar-refractivity contribution in [3.8, 4) is 0 Å². The first kappa shape index (κ1) is 21.0. The molecule has 1 saturated heterocycles. The van der Waals surface area contributed by atoms with Gasteiger partial charge in [-0.25, -0.2) is 0 Å².